The Bertz CT molecular complexity index is 756. The number of esters is 2. The highest BCUT2D eigenvalue weighted by atomic mass is 31.2. The van der Waals surface area contributed by atoms with Crippen LogP contribution in [0.5, 0.6) is 0 Å². The van der Waals surface area contributed by atoms with E-state index in [1.165, 1.54) is 154 Å². The van der Waals surface area contributed by atoms with Gasteiger partial charge in [0.2, 0.25) is 0 Å². The summed E-state index contributed by atoms with van der Waals surface area (Å²) in [6.07, 6.45) is 36.8. The molecule has 286 valence electrons. The van der Waals surface area contributed by atoms with Crippen LogP contribution < -0.4 is 0 Å². The second kappa shape index (κ2) is 35.9. The molecule has 0 heterocycles. The summed E-state index contributed by atoms with van der Waals surface area (Å²) in [7, 11) is -4.74. The normalized spacial score (nSPS) is 12.3. The van der Waals surface area contributed by atoms with Crippen LogP contribution >= 0.6 is 7.82 Å². The molecule has 1 unspecified atom stereocenters. The number of carbonyl (C=O) groups excluding carboxylic acids is 2. The van der Waals surface area contributed by atoms with Crippen molar-refractivity contribution in [3.63, 3.8) is 0 Å². The van der Waals surface area contributed by atoms with Gasteiger partial charge in [0.15, 0.2) is 6.10 Å². The lowest BCUT2D eigenvalue weighted by molar-refractivity contribution is -0.161. The van der Waals surface area contributed by atoms with Crippen LogP contribution in [-0.2, 0) is 28.2 Å². The molecular formula is C39H77O8P. The third-order valence-corrected chi connectivity index (χ3v) is 9.61. The van der Waals surface area contributed by atoms with Gasteiger partial charge in [-0.25, -0.2) is 4.57 Å². The van der Waals surface area contributed by atoms with Crippen molar-refractivity contribution in [3.05, 3.63) is 0 Å². The zero-order valence-corrected chi connectivity index (χ0v) is 32.3. The second-order valence-electron chi connectivity index (χ2n) is 14.0. The Kier molecular flexibility index (Phi) is 35.2. The standard InChI is InChI=1S/C39H77O8P/c1-3-5-7-9-11-13-15-17-18-19-20-21-22-24-26-28-30-32-34-39(41)47-37(36-46-48(42,43)44)35-45-38(40)33-31-29-27-25-23-16-14-12-10-8-6-4-2/h37H,3-36H2,1-2H3,(H2,42,43,44). The van der Waals surface area contributed by atoms with Gasteiger partial charge in [-0.05, 0) is 12.8 Å². The molecule has 0 bridgehead atoms. The molecule has 0 amide bonds. The summed E-state index contributed by atoms with van der Waals surface area (Å²) in [5, 5.41) is 0. The van der Waals surface area contributed by atoms with Gasteiger partial charge in [0.05, 0.1) is 6.61 Å². The van der Waals surface area contributed by atoms with Gasteiger partial charge in [-0.15, -0.1) is 0 Å². The van der Waals surface area contributed by atoms with Crippen LogP contribution in [0.15, 0.2) is 0 Å². The van der Waals surface area contributed by atoms with E-state index in [1.54, 1.807) is 0 Å². The van der Waals surface area contributed by atoms with Gasteiger partial charge < -0.3 is 19.3 Å². The molecule has 0 radical (unpaired) electrons. The molecular weight excluding hydrogens is 627 g/mol. The number of hydrogen-bond acceptors (Lipinski definition) is 6. The van der Waals surface area contributed by atoms with Crippen molar-refractivity contribution in [1.82, 2.24) is 0 Å². The van der Waals surface area contributed by atoms with E-state index < -0.39 is 32.5 Å². The molecule has 0 aliphatic rings. The molecule has 9 heteroatoms. The molecule has 0 fully saturated rings. The summed E-state index contributed by atoms with van der Waals surface area (Å²) >= 11 is 0. The summed E-state index contributed by atoms with van der Waals surface area (Å²) in [6.45, 7) is 3.70. The monoisotopic (exact) mass is 705 g/mol. The Balaban J connectivity index is 3.86. The SMILES string of the molecule is CCCCCCCCCCCCCCCCCCCCC(=O)OC(COC(=O)CCCCCCCCCCCCCC)COP(=O)(O)O. The summed E-state index contributed by atoms with van der Waals surface area (Å²) in [5.74, 6) is -0.870. The van der Waals surface area contributed by atoms with Crippen LogP contribution in [-0.4, -0.2) is 41.0 Å². The Morgan fingerprint density at radius 3 is 1.06 bits per heavy atom. The molecule has 0 aromatic heterocycles. The predicted octanol–water partition coefficient (Wildman–Crippen LogP) is 12.1. The minimum Gasteiger partial charge on any atom is -0.462 e. The third-order valence-electron chi connectivity index (χ3n) is 9.13. The molecule has 0 aromatic rings. The topological polar surface area (TPSA) is 119 Å². The lowest BCUT2D eigenvalue weighted by atomic mass is 10.0. The lowest BCUT2D eigenvalue weighted by Gasteiger charge is -2.18. The Hall–Kier alpha value is -0.950. The van der Waals surface area contributed by atoms with Crippen LogP contribution in [0.2, 0.25) is 0 Å². The van der Waals surface area contributed by atoms with Crippen LogP contribution in [0.25, 0.3) is 0 Å². The summed E-state index contributed by atoms with van der Waals surface area (Å²) in [5.41, 5.74) is 0. The first kappa shape index (κ1) is 47.0. The number of rotatable bonds is 38. The highest BCUT2D eigenvalue weighted by molar-refractivity contribution is 7.46. The highest BCUT2D eigenvalue weighted by Crippen LogP contribution is 2.36. The maximum Gasteiger partial charge on any atom is 0.469 e. The van der Waals surface area contributed by atoms with Crippen LogP contribution in [0.4, 0.5) is 0 Å². The summed E-state index contributed by atoms with van der Waals surface area (Å²) in [6, 6.07) is 0. The first-order valence-corrected chi connectivity index (χ1v) is 21.9. The van der Waals surface area contributed by atoms with Gasteiger partial charge in [0.25, 0.3) is 0 Å². The van der Waals surface area contributed by atoms with E-state index in [2.05, 4.69) is 18.4 Å². The van der Waals surface area contributed by atoms with Crippen LogP contribution in [0.1, 0.15) is 219 Å². The first-order valence-electron chi connectivity index (χ1n) is 20.3. The number of hydrogen-bond donors (Lipinski definition) is 2. The van der Waals surface area contributed by atoms with Crippen molar-refractivity contribution in [2.75, 3.05) is 13.2 Å². The maximum atomic E-state index is 12.4. The number of unbranched alkanes of at least 4 members (excludes halogenated alkanes) is 28. The zero-order chi connectivity index (χ0) is 35.4. The molecule has 2 N–H and O–H groups in total. The van der Waals surface area contributed by atoms with Gasteiger partial charge in [-0.1, -0.05) is 194 Å². The van der Waals surface area contributed by atoms with Gasteiger partial charge in [-0.3, -0.25) is 14.1 Å². The summed E-state index contributed by atoms with van der Waals surface area (Å²) in [4.78, 5) is 42.7. The van der Waals surface area contributed by atoms with E-state index in [4.69, 9.17) is 19.3 Å². The van der Waals surface area contributed by atoms with Gasteiger partial charge in [0.1, 0.15) is 6.61 Å². The molecule has 1 atom stereocenters. The quantitative estimate of drug-likeness (QED) is 0.0370. The fraction of sp³-hybridized carbons (Fsp3) is 0.949. The summed E-state index contributed by atoms with van der Waals surface area (Å²) < 4.78 is 26.3. The van der Waals surface area contributed by atoms with E-state index in [1.807, 2.05) is 0 Å². The average Bonchev–Trinajstić information content (AvgIpc) is 3.05. The van der Waals surface area contributed by atoms with Crippen LogP contribution in [0, 0.1) is 0 Å². The molecule has 0 saturated heterocycles. The van der Waals surface area contributed by atoms with Gasteiger partial charge in [-0.2, -0.15) is 0 Å². The van der Waals surface area contributed by atoms with Crippen LogP contribution in [0.3, 0.4) is 0 Å². The van der Waals surface area contributed by atoms with Crippen molar-refractivity contribution < 1.29 is 37.9 Å². The minimum atomic E-state index is -4.74. The highest BCUT2D eigenvalue weighted by Gasteiger charge is 2.22. The van der Waals surface area contributed by atoms with Gasteiger partial charge in [0, 0.05) is 12.8 Å². The molecule has 0 saturated carbocycles. The minimum absolute atomic E-state index is 0.220. The van der Waals surface area contributed by atoms with Crippen molar-refractivity contribution >= 4 is 19.8 Å². The molecule has 0 aromatic carbocycles. The van der Waals surface area contributed by atoms with E-state index in [-0.39, 0.29) is 19.4 Å². The fourth-order valence-electron chi connectivity index (χ4n) is 6.08. The van der Waals surface area contributed by atoms with E-state index >= 15 is 0 Å². The smallest absolute Gasteiger partial charge is 0.462 e. The maximum absolute atomic E-state index is 12.4. The second-order valence-corrected chi connectivity index (χ2v) is 15.2. The molecule has 8 nitrogen and oxygen atoms in total. The largest absolute Gasteiger partial charge is 0.469 e. The molecule has 0 aliphatic heterocycles. The van der Waals surface area contributed by atoms with Crippen molar-refractivity contribution in [2.45, 2.75) is 225 Å². The first-order chi connectivity index (χ1) is 23.3. The van der Waals surface area contributed by atoms with E-state index in [0.29, 0.717) is 6.42 Å². The molecule has 48 heavy (non-hydrogen) atoms. The molecule has 0 aliphatic carbocycles. The molecule has 0 rings (SSSR count). The zero-order valence-electron chi connectivity index (χ0n) is 31.4. The Labute approximate surface area is 295 Å². The number of ether oxygens (including phenoxy) is 2. The molecule has 0 spiro atoms. The van der Waals surface area contributed by atoms with Crippen molar-refractivity contribution in [3.8, 4) is 0 Å². The number of phosphoric ester groups is 1. The fourth-order valence-corrected chi connectivity index (χ4v) is 6.44. The van der Waals surface area contributed by atoms with Crippen molar-refractivity contribution in [2.24, 2.45) is 0 Å². The lowest BCUT2D eigenvalue weighted by Crippen LogP contribution is -2.29. The Morgan fingerprint density at radius 1 is 0.458 bits per heavy atom. The van der Waals surface area contributed by atoms with E-state index in [0.717, 1.165) is 32.1 Å². The third kappa shape index (κ3) is 37.9. The van der Waals surface area contributed by atoms with Gasteiger partial charge >= 0.3 is 19.8 Å². The number of phosphoric acid groups is 1. The average molecular weight is 705 g/mol. The van der Waals surface area contributed by atoms with E-state index in [9.17, 15) is 14.2 Å². The number of carbonyl (C=O) groups is 2. The van der Waals surface area contributed by atoms with Crippen molar-refractivity contribution in [1.29, 1.82) is 0 Å². The Morgan fingerprint density at radius 2 is 0.750 bits per heavy atom. The predicted molar refractivity (Wildman–Crippen MR) is 198 cm³/mol.